The molecule has 0 fully saturated rings. The maximum absolute atomic E-state index is 13.5. The topological polar surface area (TPSA) is 32.3 Å². The van der Waals surface area contributed by atoms with Gasteiger partial charge in [-0.25, -0.2) is 0 Å². The standard InChI is InChI=1S/C20H21Cl3N2O.ClH/c1-25(2)12-20(16-11-15(21)5-4-14(16)7-8-24-20)19(26)10-13-3-6-17(22)18(23)9-13;/h3-6,9,11,24H,7-8,10,12H2,1-2H3;1H. The number of hydrogen-bond donors (Lipinski definition) is 1. The van der Waals surface area contributed by atoms with Crippen LogP contribution in [0, 0.1) is 0 Å². The van der Waals surface area contributed by atoms with Gasteiger partial charge in [-0.3, -0.25) is 10.1 Å². The number of nitrogens with one attached hydrogen (secondary N) is 1. The van der Waals surface area contributed by atoms with Gasteiger partial charge >= 0.3 is 0 Å². The first-order chi connectivity index (χ1) is 12.3. The largest absolute Gasteiger partial charge is 0.307 e. The van der Waals surface area contributed by atoms with Crippen LogP contribution in [0.4, 0.5) is 0 Å². The summed E-state index contributed by atoms with van der Waals surface area (Å²) in [5, 5.41) is 5.06. The molecule has 0 amide bonds. The summed E-state index contributed by atoms with van der Waals surface area (Å²) in [5.41, 5.74) is 2.18. The Morgan fingerprint density at radius 2 is 1.85 bits per heavy atom. The fourth-order valence-corrected chi connectivity index (χ4v) is 4.10. The molecule has 1 N–H and O–H groups in total. The zero-order valence-electron chi connectivity index (χ0n) is 15.2. The zero-order chi connectivity index (χ0) is 18.9. The number of nitrogens with zero attached hydrogens (tertiary/aromatic N) is 1. The Balaban J connectivity index is 0.00000261. The number of rotatable bonds is 5. The van der Waals surface area contributed by atoms with Crippen LogP contribution in [0.15, 0.2) is 36.4 Å². The molecule has 0 aromatic heterocycles. The normalized spacial score (nSPS) is 18.7. The third kappa shape index (κ3) is 4.79. The molecule has 1 unspecified atom stereocenters. The van der Waals surface area contributed by atoms with Crippen LogP contribution >= 0.6 is 47.2 Å². The average Bonchev–Trinajstić information content (AvgIpc) is 2.58. The van der Waals surface area contributed by atoms with E-state index in [0.29, 0.717) is 21.6 Å². The molecule has 2 aromatic carbocycles. The fraction of sp³-hybridized carbons (Fsp3) is 0.350. The number of carbonyl (C=O) groups excluding carboxylic acids is 1. The average molecular weight is 448 g/mol. The molecule has 1 aliphatic rings. The molecule has 3 nitrogen and oxygen atoms in total. The van der Waals surface area contributed by atoms with Gasteiger partial charge in [-0.15, -0.1) is 12.4 Å². The quantitative estimate of drug-likeness (QED) is 0.715. The van der Waals surface area contributed by atoms with Crippen molar-refractivity contribution in [3.63, 3.8) is 0 Å². The van der Waals surface area contributed by atoms with Crippen LogP contribution in [0.5, 0.6) is 0 Å². The van der Waals surface area contributed by atoms with Crippen molar-refractivity contribution in [1.82, 2.24) is 10.2 Å². The van der Waals surface area contributed by atoms with E-state index in [-0.39, 0.29) is 24.6 Å². The van der Waals surface area contributed by atoms with E-state index in [1.807, 2.05) is 43.3 Å². The smallest absolute Gasteiger partial charge is 0.163 e. The van der Waals surface area contributed by atoms with Crippen LogP contribution in [0.3, 0.4) is 0 Å². The third-order valence-corrected chi connectivity index (χ3v) is 5.71. The van der Waals surface area contributed by atoms with Crippen molar-refractivity contribution in [2.24, 2.45) is 0 Å². The second-order valence-corrected chi connectivity index (χ2v) is 8.22. The predicted octanol–water partition coefficient (Wildman–Crippen LogP) is 4.78. The number of ketones is 1. The fourth-order valence-electron chi connectivity index (χ4n) is 3.61. The maximum Gasteiger partial charge on any atom is 0.163 e. The van der Waals surface area contributed by atoms with Crippen LogP contribution in [-0.2, 0) is 23.2 Å². The summed E-state index contributed by atoms with van der Waals surface area (Å²) in [7, 11) is 3.93. The van der Waals surface area contributed by atoms with Crippen molar-refractivity contribution in [2.75, 3.05) is 27.2 Å². The lowest BCUT2D eigenvalue weighted by atomic mass is 9.77. The van der Waals surface area contributed by atoms with Gasteiger partial charge in [0.25, 0.3) is 0 Å². The van der Waals surface area contributed by atoms with Crippen LogP contribution in [0.2, 0.25) is 15.1 Å². The highest BCUT2D eigenvalue weighted by molar-refractivity contribution is 6.42. The molecule has 0 spiro atoms. The second kappa shape index (κ2) is 9.13. The molecule has 1 aliphatic heterocycles. The Kier molecular flexibility index (Phi) is 7.60. The van der Waals surface area contributed by atoms with Gasteiger partial charge in [0, 0.05) is 24.5 Å². The highest BCUT2D eigenvalue weighted by atomic mass is 35.5. The van der Waals surface area contributed by atoms with Crippen molar-refractivity contribution in [2.45, 2.75) is 18.4 Å². The molecular formula is C20H22Cl4N2O. The molecule has 7 heteroatoms. The van der Waals surface area contributed by atoms with Gasteiger partial charge in [0.2, 0.25) is 0 Å². The van der Waals surface area contributed by atoms with E-state index in [4.69, 9.17) is 34.8 Å². The summed E-state index contributed by atoms with van der Waals surface area (Å²) in [6.07, 6.45) is 1.14. The Hall–Kier alpha value is -0.810. The van der Waals surface area contributed by atoms with E-state index in [1.165, 1.54) is 0 Å². The minimum Gasteiger partial charge on any atom is -0.307 e. The molecule has 27 heavy (non-hydrogen) atoms. The molecule has 0 saturated carbocycles. The minimum absolute atomic E-state index is 0. The first kappa shape index (κ1) is 22.5. The molecule has 0 bridgehead atoms. The first-order valence-corrected chi connectivity index (χ1v) is 9.61. The number of carbonyl (C=O) groups is 1. The molecule has 0 radical (unpaired) electrons. The summed E-state index contributed by atoms with van der Waals surface area (Å²) in [6, 6.07) is 11.2. The van der Waals surface area contributed by atoms with E-state index in [9.17, 15) is 4.79 Å². The van der Waals surface area contributed by atoms with E-state index in [2.05, 4.69) is 5.32 Å². The lowest BCUT2D eigenvalue weighted by Gasteiger charge is -2.41. The zero-order valence-corrected chi connectivity index (χ0v) is 18.3. The number of hydrogen-bond acceptors (Lipinski definition) is 3. The number of benzene rings is 2. The molecule has 1 atom stereocenters. The summed E-state index contributed by atoms with van der Waals surface area (Å²) >= 11 is 18.4. The van der Waals surface area contributed by atoms with Crippen LogP contribution in [0.25, 0.3) is 0 Å². The van der Waals surface area contributed by atoms with E-state index >= 15 is 0 Å². The van der Waals surface area contributed by atoms with E-state index in [1.54, 1.807) is 12.1 Å². The molecule has 0 aliphatic carbocycles. The Morgan fingerprint density at radius 1 is 1.11 bits per heavy atom. The second-order valence-electron chi connectivity index (χ2n) is 6.97. The Labute approximate surface area is 181 Å². The van der Waals surface area contributed by atoms with Gasteiger partial charge in [-0.1, -0.05) is 46.9 Å². The third-order valence-electron chi connectivity index (χ3n) is 4.73. The van der Waals surface area contributed by atoms with E-state index < -0.39 is 5.54 Å². The highest BCUT2D eigenvalue weighted by Gasteiger charge is 2.43. The number of likely N-dealkylation sites (N-methyl/N-ethyl adjacent to an activating group) is 1. The number of fused-ring (bicyclic) bond motifs is 1. The van der Waals surface area contributed by atoms with Crippen LogP contribution in [-0.4, -0.2) is 37.9 Å². The van der Waals surface area contributed by atoms with Gasteiger partial charge < -0.3 is 4.90 Å². The maximum atomic E-state index is 13.5. The summed E-state index contributed by atoms with van der Waals surface area (Å²) in [6.45, 7) is 1.30. The monoisotopic (exact) mass is 446 g/mol. The Morgan fingerprint density at radius 3 is 2.52 bits per heavy atom. The van der Waals surface area contributed by atoms with Crippen molar-refractivity contribution in [1.29, 1.82) is 0 Å². The number of Topliss-reactive ketones (excluding diaryl/α,β-unsaturated/α-hetero) is 1. The lowest BCUT2D eigenvalue weighted by Crippen LogP contribution is -2.58. The molecule has 1 heterocycles. The van der Waals surface area contributed by atoms with Crippen molar-refractivity contribution in [3.05, 3.63) is 68.2 Å². The van der Waals surface area contributed by atoms with E-state index in [0.717, 1.165) is 29.7 Å². The molecule has 2 aromatic rings. The summed E-state index contributed by atoms with van der Waals surface area (Å²) in [5.74, 6) is 0.0906. The van der Waals surface area contributed by atoms with Gasteiger partial charge in [0.1, 0.15) is 5.54 Å². The first-order valence-electron chi connectivity index (χ1n) is 8.48. The molecular weight excluding hydrogens is 426 g/mol. The summed E-state index contributed by atoms with van der Waals surface area (Å²) in [4.78, 5) is 15.5. The van der Waals surface area contributed by atoms with Gasteiger partial charge in [0.15, 0.2) is 5.78 Å². The van der Waals surface area contributed by atoms with Gasteiger partial charge in [-0.05, 0) is 61.5 Å². The molecule has 146 valence electrons. The minimum atomic E-state index is -0.798. The van der Waals surface area contributed by atoms with Gasteiger partial charge in [0.05, 0.1) is 10.0 Å². The number of halogens is 4. The molecule has 0 saturated heterocycles. The van der Waals surface area contributed by atoms with Crippen LogP contribution < -0.4 is 5.32 Å². The van der Waals surface area contributed by atoms with Crippen LogP contribution in [0.1, 0.15) is 16.7 Å². The van der Waals surface area contributed by atoms with Crippen molar-refractivity contribution >= 4 is 53.0 Å². The van der Waals surface area contributed by atoms with Gasteiger partial charge in [-0.2, -0.15) is 0 Å². The highest BCUT2D eigenvalue weighted by Crippen LogP contribution is 2.34. The predicted molar refractivity (Wildman–Crippen MR) is 116 cm³/mol. The van der Waals surface area contributed by atoms with Crippen molar-refractivity contribution < 1.29 is 4.79 Å². The molecule has 3 rings (SSSR count). The SMILES string of the molecule is CN(C)CC1(C(=O)Cc2ccc(Cl)c(Cl)c2)NCCc2ccc(Cl)cc21.Cl. The Bertz CT molecular complexity index is 841. The summed E-state index contributed by atoms with van der Waals surface area (Å²) < 4.78 is 0. The van der Waals surface area contributed by atoms with Crippen molar-refractivity contribution in [3.8, 4) is 0 Å². The lowest BCUT2D eigenvalue weighted by molar-refractivity contribution is -0.126.